The molecule has 0 fully saturated rings. The van der Waals surface area contributed by atoms with Crippen LogP contribution >= 0.6 is 12.2 Å². The van der Waals surface area contributed by atoms with Crippen molar-refractivity contribution in [1.82, 2.24) is 4.31 Å². The zero-order chi connectivity index (χ0) is 13.9. The van der Waals surface area contributed by atoms with Crippen LogP contribution in [0.25, 0.3) is 0 Å². The van der Waals surface area contributed by atoms with Crippen molar-refractivity contribution in [2.75, 3.05) is 13.6 Å². The van der Waals surface area contributed by atoms with Gasteiger partial charge in [0.25, 0.3) is 0 Å². The molecule has 0 aliphatic heterocycles. The molecule has 100 valence electrons. The quantitative estimate of drug-likeness (QED) is 0.837. The average molecular weight is 286 g/mol. The first-order valence-corrected chi connectivity index (χ1v) is 7.44. The lowest BCUT2D eigenvalue weighted by Crippen LogP contribution is -2.34. The molecule has 0 aliphatic rings. The number of nitrogens with two attached hydrogens (primary N) is 1. The van der Waals surface area contributed by atoms with Crippen LogP contribution in [0.1, 0.15) is 25.3 Å². The minimum Gasteiger partial charge on any atom is -0.392 e. The Morgan fingerprint density at radius 2 is 1.83 bits per heavy atom. The molecule has 0 heterocycles. The van der Waals surface area contributed by atoms with Crippen LogP contribution in [0.5, 0.6) is 0 Å². The summed E-state index contributed by atoms with van der Waals surface area (Å²) in [7, 11) is -2.05. The topological polar surface area (TPSA) is 63.4 Å². The number of benzene rings is 1. The van der Waals surface area contributed by atoms with Crippen molar-refractivity contribution < 1.29 is 8.42 Å². The van der Waals surface area contributed by atoms with Crippen molar-refractivity contribution in [1.29, 1.82) is 0 Å². The van der Waals surface area contributed by atoms with Crippen molar-refractivity contribution >= 4 is 27.2 Å². The van der Waals surface area contributed by atoms with Gasteiger partial charge in [0, 0.05) is 7.05 Å². The maximum absolute atomic E-state index is 12.2. The molecule has 2 N–H and O–H groups in total. The van der Waals surface area contributed by atoms with Gasteiger partial charge in [-0.25, -0.2) is 8.42 Å². The van der Waals surface area contributed by atoms with E-state index in [2.05, 4.69) is 13.8 Å². The summed E-state index contributed by atoms with van der Waals surface area (Å²) in [6, 6.07) is 6.87. The average Bonchev–Trinajstić information content (AvgIpc) is 2.28. The van der Waals surface area contributed by atoms with Crippen LogP contribution in [0, 0.1) is 0 Å². The zero-order valence-corrected chi connectivity index (χ0v) is 12.4. The van der Waals surface area contributed by atoms with E-state index in [9.17, 15) is 8.42 Å². The Kier molecular flexibility index (Phi) is 4.84. The normalized spacial score (nSPS) is 12.1. The van der Waals surface area contributed by atoms with E-state index in [4.69, 9.17) is 18.0 Å². The van der Waals surface area contributed by atoms with Crippen LogP contribution in [0.2, 0.25) is 0 Å². The number of likely N-dealkylation sites (N-methyl/N-ethyl adjacent to an activating group) is 1. The summed E-state index contributed by atoms with van der Waals surface area (Å²) in [4.78, 5) is 0.408. The highest BCUT2D eigenvalue weighted by molar-refractivity contribution is 7.89. The minimum absolute atomic E-state index is 0.0452. The van der Waals surface area contributed by atoms with Gasteiger partial charge in [0.15, 0.2) is 0 Å². The Morgan fingerprint density at radius 1 is 1.33 bits per heavy atom. The highest BCUT2D eigenvalue weighted by Gasteiger charge is 2.21. The van der Waals surface area contributed by atoms with Crippen LogP contribution in [-0.4, -0.2) is 31.3 Å². The third-order valence-electron chi connectivity index (χ3n) is 2.63. The number of nitrogens with zero attached hydrogens (tertiary/aromatic N) is 1. The van der Waals surface area contributed by atoms with E-state index in [1.165, 1.54) is 7.05 Å². The van der Waals surface area contributed by atoms with Gasteiger partial charge in [0.2, 0.25) is 10.0 Å². The van der Waals surface area contributed by atoms with Crippen molar-refractivity contribution in [3.63, 3.8) is 0 Å². The molecule has 0 aliphatic carbocycles. The van der Waals surface area contributed by atoms with E-state index in [1.54, 1.807) is 12.1 Å². The largest absolute Gasteiger partial charge is 0.392 e. The molecule has 0 aromatic heterocycles. The van der Waals surface area contributed by atoms with Gasteiger partial charge < -0.3 is 5.73 Å². The number of hydrogen-bond donors (Lipinski definition) is 1. The molecule has 0 bridgehead atoms. The number of thiocarbonyl (C=S) groups is 1. The van der Waals surface area contributed by atoms with Gasteiger partial charge in [-0.2, -0.15) is 4.31 Å². The van der Waals surface area contributed by atoms with Crippen molar-refractivity contribution in [2.24, 2.45) is 5.73 Å². The van der Waals surface area contributed by atoms with E-state index in [1.807, 2.05) is 12.1 Å². The Balaban J connectivity index is 3.02. The van der Waals surface area contributed by atoms with Gasteiger partial charge in [0.1, 0.15) is 0 Å². The summed E-state index contributed by atoms with van der Waals surface area (Å²) >= 11 is 4.72. The molecule has 0 saturated carbocycles. The van der Waals surface area contributed by atoms with Gasteiger partial charge in [-0.3, -0.25) is 0 Å². The summed E-state index contributed by atoms with van der Waals surface area (Å²) in [5.41, 5.74) is 6.46. The van der Waals surface area contributed by atoms with Crippen LogP contribution in [0.4, 0.5) is 0 Å². The Morgan fingerprint density at radius 3 is 2.22 bits per heavy atom. The van der Waals surface area contributed by atoms with Crippen molar-refractivity contribution in [2.45, 2.75) is 24.7 Å². The van der Waals surface area contributed by atoms with Crippen LogP contribution in [0.15, 0.2) is 29.2 Å². The van der Waals surface area contributed by atoms with E-state index in [0.29, 0.717) is 5.92 Å². The van der Waals surface area contributed by atoms with Gasteiger partial charge in [0.05, 0.1) is 16.4 Å². The monoisotopic (exact) mass is 286 g/mol. The van der Waals surface area contributed by atoms with Crippen molar-refractivity contribution in [3.8, 4) is 0 Å². The van der Waals surface area contributed by atoms with Crippen molar-refractivity contribution in [3.05, 3.63) is 29.8 Å². The first kappa shape index (κ1) is 15.1. The molecule has 18 heavy (non-hydrogen) atoms. The summed E-state index contributed by atoms with van der Waals surface area (Å²) in [5, 5.41) is 0. The molecule has 4 nitrogen and oxygen atoms in total. The SMILES string of the molecule is CC(C)c1ccc(S(=O)(=O)N(C)CC(N)=S)cc1. The van der Waals surface area contributed by atoms with E-state index in [0.717, 1.165) is 9.87 Å². The zero-order valence-electron chi connectivity index (χ0n) is 10.8. The standard InChI is InChI=1S/C12H18N2O2S2/c1-9(2)10-4-6-11(7-5-10)18(15,16)14(3)8-12(13)17/h4-7,9H,8H2,1-3H3,(H2,13,17). The lowest BCUT2D eigenvalue weighted by molar-refractivity contribution is 0.506. The Bertz CT molecular complexity index is 522. The Labute approximate surface area is 114 Å². The maximum Gasteiger partial charge on any atom is 0.243 e. The third kappa shape index (κ3) is 3.51. The number of sulfonamides is 1. The van der Waals surface area contributed by atoms with Gasteiger partial charge in [-0.1, -0.05) is 38.2 Å². The molecule has 0 saturated heterocycles. The third-order valence-corrected chi connectivity index (χ3v) is 4.58. The highest BCUT2D eigenvalue weighted by atomic mass is 32.2. The molecule has 1 rings (SSSR count). The van der Waals surface area contributed by atoms with Crippen LogP contribution in [-0.2, 0) is 10.0 Å². The molecule has 1 aromatic carbocycles. The van der Waals surface area contributed by atoms with Crippen LogP contribution < -0.4 is 5.73 Å². The first-order chi connectivity index (χ1) is 8.25. The predicted octanol–water partition coefficient (Wildman–Crippen LogP) is 1.72. The molecular formula is C12H18N2O2S2. The first-order valence-electron chi connectivity index (χ1n) is 5.59. The summed E-state index contributed by atoms with van der Waals surface area (Å²) < 4.78 is 25.5. The molecule has 1 aromatic rings. The maximum atomic E-state index is 12.2. The molecule has 6 heteroatoms. The summed E-state index contributed by atoms with van der Waals surface area (Å²) in [6.45, 7) is 4.16. The fourth-order valence-corrected chi connectivity index (χ4v) is 2.93. The number of hydrogen-bond acceptors (Lipinski definition) is 3. The van der Waals surface area contributed by atoms with Crippen LogP contribution in [0.3, 0.4) is 0 Å². The van der Waals surface area contributed by atoms with Gasteiger partial charge in [-0.15, -0.1) is 0 Å². The van der Waals surface area contributed by atoms with Gasteiger partial charge in [-0.05, 0) is 23.6 Å². The van der Waals surface area contributed by atoms with E-state index < -0.39 is 10.0 Å². The molecule has 0 unspecified atom stereocenters. The van der Waals surface area contributed by atoms with E-state index in [-0.39, 0.29) is 16.4 Å². The molecular weight excluding hydrogens is 268 g/mol. The highest BCUT2D eigenvalue weighted by Crippen LogP contribution is 2.19. The lowest BCUT2D eigenvalue weighted by atomic mass is 10.0. The fourth-order valence-electron chi connectivity index (χ4n) is 1.51. The summed E-state index contributed by atoms with van der Waals surface area (Å²) in [6.07, 6.45) is 0. The fraction of sp³-hybridized carbons (Fsp3) is 0.417. The molecule has 0 radical (unpaired) electrons. The van der Waals surface area contributed by atoms with E-state index >= 15 is 0 Å². The molecule has 0 atom stereocenters. The van der Waals surface area contributed by atoms with Gasteiger partial charge >= 0.3 is 0 Å². The molecule has 0 spiro atoms. The predicted molar refractivity (Wildman–Crippen MR) is 77.1 cm³/mol. The Hall–Kier alpha value is -0.980. The lowest BCUT2D eigenvalue weighted by Gasteiger charge is -2.16. The minimum atomic E-state index is -3.51. The molecule has 0 amide bonds. The smallest absolute Gasteiger partial charge is 0.243 e. The second kappa shape index (κ2) is 5.77. The second-order valence-electron chi connectivity index (χ2n) is 4.45. The second-order valence-corrected chi connectivity index (χ2v) is 7.02. The summed E-state index contributed by atoms with van der Waals surface area (Å²) in [5.74, 6) is 0.371. The number of rotatable bonds is 5.